The zero-order chi connectivity index (χ0) is 15.1. The summed E-state index contributed by atoms with van der Waals surface area (Å²) in [4.78, 5) is 12.6. The number of rotatable bonds is 2. The predicted octanol–water partition coefficient (Wildman–Crippen LogP) is 2.73. The summed E-state index contributed by atoms with van der Waals surface area (Å²) in [6.45, 7) is 3.30. The summed E-state index contributed by atoms with van der Waals surface area (Å²) < 4.78 is 51.8. The molecule has 2 aromatic rings. The lowest BCUT2D eigenvalue weighted by Crippen LogP contribution is -2.07. The second-order valence-corrected chi connectivity index (χ2v) is 4.42. The van der Waals surface area contributed by atoms with E-state index in [4.69, 9.17) is 5.73 Å². The number of halogens is 4. The predicted molar refractivity (Wildman–Crippen MR) is 63.1 cm³/mol. The Balaban J connectivity index is 2.66. The minimum atomic E-state index is -4.66. The molecule has 108 valence electrons. The first kappa shape index (κ1) is 14.2. The first-order valence-electron chi connectivity index (χ1n) is 5.65. The molecular weight excluding hydrogens is 278 g/mol. The van der Waals surface area contributed by atoms with Crippen molar-refractivity contribution in [3.8, 4) is 11.4 Å². The number of anilines is 1. The van der Waals surface area contributed by atoms with E-state index in [2.05, 4.69) is 19.9 Å². The molecule has 0 aliphatic rings. The molecule has 0 saturated heterocycles. The van der Waals surface area contributed by atoms with Crippen LogP contribution in [0.25, 0.3) is 11.4 Å². The van der Waals surface area contributed by atoms with E-state index in [0.717, 1.165) is 6.20 Å². The van der Waals surface area contributed by atoms with Crippen molar-refractivity contribution < 1.29 is 17.6 Å². The second-order valence-electron chi connectivity index (χ2n) is 4.42. The maximum atomic E-state index is 13.7. The number of alkyl halides is 3. The molecule has 0 radical (unpaired) electrons. The summed E-state index contributed by atoms with van der Waals surface area (Å²) in [6, 6.07) is 0. The van der Waals surface area contributed by atoms with E-state index in [9.17, 15) is 17.6 Å². The average molecular weight is 289 g/mol. The van der Waals surface area contributed by atoms with Crippen LogP contribution in [0.2, 0.25) is 0 Å². The molecule has 2 aromatic heterocycles. The molecule has 0 aliphatic carbocycles. The summed E-state index contributed by atoms with van der Waals surface area (Å²) in [5.74, 6) is -2.66. The van der Waals surface area contributed by atoms with Gasteiger partial charge in [-0.3, -0.25) is 0 Å². The van der Waals surface area contributed by atoms with Crippen molar-refractivity contribution in [2.75, 3.05) is 5.73 Å². The zero-order valence-corrected chi connectivity index (χ0v) is 10.6. The molecule has 5 nitrogen and oxygen atoms in total. The Morgan fingerprint density at radius 2 is 1.85 bits per heavy atom. The molecule has 2 heterocycles. The van der Waals surface area contributed by atoms with Gasteiger partial charge in [-0.2, -0.15) is 13.2 Å². The van der Waals surface area contributed by atoms with Gasteiger partial charge in [-0.1, -0.05) is 13.8 Å². The largest absolute Gasteiger partial charge is 0.449 e. The van der Waals surface area contributed by atoms with Crippen LogP contribution in [0.3, 0.4) is 0 Å². The maximum Gasteiger partial charge on any atom is 0.449 e. The molecule has 0 fully saturated rings. The number of aromatic amines is 1. The van der Waals surface area contributed by atoms with Crippen molar-refractivity contribution in [2.24, 2.45) is 0 Å². The lowest BCUT2D eigenvalue weighted by atomic mass is 10.1. The van der Waals surface area contributed by atoms with E-state index >= 15 is 0 Å². The first-order valence-corrected chi connectivity index (χ1v) is 5.65. The van der Waals surface area contributed by atoms with Crippen molar-refractivity contribution in [3.05, 3.63) is 23.5 Å². The Labute approximate surface area is 111 Å². The van der Waals surface area contributed by atoms with Crippen LogP contribution in [0.4, 0.5) is 23.5 Å². The van der Waals surface area contributed by atoms with Crippen LogP contribution in [0, 0.1) is 5.82 Å². The molecule has 0 atom stereocenters. The van der Waals surface area contributed by atoms with Crippen LogP contribution >= 0.6 is 0 Å². The molecule has 0 unspecified atom stereocenters. The highest BCUT2D eigenvalue weighted by atomic mass is 19.4. The second kappa shape index (κ2) is 4.73. The summed E-state index contributed by atoms with van der Waals surface area (Å²) in [5, 5.41) is 0. The molecule has 20 heavy (non-hydrogen) atoms. The Morgan fingerprint density at radius 1 is 1.20 bits per heavy atom. The maximum absolute atomic E-state index is 13.7. The monoisotopic (exact) mass is 289 g/mol. The average Bonchev–Trinajstić information content (AvgIpc) is 2.77. The number of nitrogens with zero attached hydrogens (tertiary/aromatic N) is 3. The highest BCUT2D eigenvalue weighted by molar-refractivity contribution is 5.60. The molecule has 2 rings (SSSR count). The van der Waals surface area contributed by atoms with Crippen LogP contribution in [0.1, 0.15) is 31.3 Å². The lowest BCUT2D eigenvalue weighted by molar-refractivity contribution is -0.144. The van der Waals surface area contributed by atoms with Gasteiger partial charge >= 0.3 is 6.18 Å². The molecule has 0 spiro atoms. The highest BCUT2D eigenvalue weighted by Crippen LogP contribution is 2.33. The third-order valence-corrected chi connectivity index (χ3v) is 2.56. The fraction of sp³-hybridized carbons (Fsp3) is 0.364. The van der Waals surface area contributed by atoms with Crippen molar-refractivity contribution in [1.82, 2.24) is 19.9 Å². The standard InChI is InChI=1S/C11H11F4N5/c1-4(2)6-8(19-9(18-6)11(13,14)15)7-5(12)3-17-10(16)20-7/h3-4H,1-2H3,(H,18,19)(H2,16,17,20). The van der Waals surface area contributed by atoms with Crippen molar-refractivity contribution in [2.45, 2.75) is 25.9 Å². The number of aromatic nitrogens is 4. The number of imidazole rings is 1. The number of H-pyrrole nitrogens is 1. The van der Waals surface area contributed by atoms with Gasteiger partial charge in [-0.05, 0) is 5.92 Å². The van der Waals surface area contributed by atoms with Crippen molar-refractivity contribution in [3.63, 3.8) is 0 Å². The fourth-order valence-electron chi connectivity index (χ4n) is 1.67. The number of nitrogen functional groups attached to an aromatic ring is 1. The SMILES string of the molecule is CC(C)c1[nH]c(C(F)(F)F)nc1-c1nc(N)ncc1F. The molecule has 0 aliphatic heterocycles. The molecule has 0 saturated carbocycles. The topological polar surface area (TPSA) is 80.5 Å². The molecular formula is C11H11F4N5. The highest BCUT2D eigenvalue weighted by Gasteiger charge is 2.36. The molecule has 3 N–H and O–H groups in total. The normalized spacial score (nSPS) is 12.2. The third-order valence-electron chi connectivity index (χ3n) is 2.56. The van der Waals surface area contributed by atoms with E-state index in [0.29, 0.717) is 0 Å². The molecule has 0 amide bonds. The summed E-state index contributed by atoms with van der Waals surface area (Å²) >= 11 is 0. The molecule has 9 heteroatoms. The number of nitrogens with two attached hydrogens (primary N) is 1. The summed E-state index contributed by atoms with van der Waals surface area (Å²) in [6.07, 6.45) is -3.86. The van der Waals surface area contributed by atoms with Crippen LogP contribution in [0.5, 0.6) is 0 Å². The van der Waals surface area contributed by atoms with Gasteiger partial charge < -0.3 is 10.7 Å². The Morgan fingerprint density at radius 3 is 2.40 bits per heavy atom. The van der Waals surface area contributed by atoms with Gasteiger partial charge in [-0.15, -0.1) is 0 Å². The lowest BCUT2D eigenvalue weighted by Gasteiger charge is -2.06. The third kappa shape index (κ3) is 2.56. The summed E-state index contributed by atoms with van der Waals surface area (Å²) in [7, 11) is 0. The zero-order valence-electron chi connectivity index (χ0n) is 10.6. The minimum absolute atomic E-state index is 0.134. The summed E-state index contributed by atoms with van der Waals surface area (Å²) in [5.41, 5.74) is 4.91. The minimum Gasteiger partial charge on any atom is -0.368 e. The van der Waals surface area contributed by atoms with Gasteiger partial charge in [0.05, 0.1) is 6.20 Å². The van der Waals surface area contributed by atoms with Gasteiger partial charge in [-0.25, -0.2) is 19.3 Å². The van der Waals surface area contributed by atoms with Gasteiger partial charge in [0.1, 0.15) is 11.4 Å². The van der Waals surface area contributed by atoms with Crippen LogP contribution < -0.4 is 5.73 Å². The van der Waals surface area contributed by atoms with Crippen LogP contribution in [-0.4, -0.2) is 19.9 Å². The van der Waals surface area contributed by atoms with Gasteiger partial charge in [0, 0.05) is 5.69 Å². The quantitative estimate of drug-likeness (QED) is 0.833. The molecule has 0 bridgehead atoms. The molecule has 0 aromatic carbocycles. The Kier molecular flexibility index (Phi) is 3.36. The van der Waals surface area contributed by atoms with E-state index in [-0.39, 0.29) is 28.9 Å². The van der Waals surface area contributed by atoms with Crippen LogP contribution in [-0.2, 0) is 6.18 Å². The van der Waals surface area contributed by atoms with Crippen molar-refractivity contribution in [1.29, 1.82) is 0 Å². The van der Waals surface area contributed by atoms with E-state index in [1.54, 1.807) is 13.8 Å². The van der Waals surface area contributed by atoms with E-state index in [1.807, 2.05) is 0 Å². The smallest absolute Gasteiger partial charge is 0.368 e. The van der Waals surface area contributed by atoms with E-state index in [1.165, 1.54) is 0 Å². The number of nitrogens with one attached hydrogen (secondary N) is 1. The van der Waals surface area contributed by atoms with Gasteiger partial charge in [0.25, 0.3) is 0 Å². The van der Waals surface area contributed by atoms with E-state index < -0.39 is 17.8 Å². The number of hydrogen-bond donors (Lipinski definition) is 2. The Hall–Kier alpha value is -2.19. The van der Waals surface area contributed by atoms with Gasteiger partial charge in [0.15, 0.2) is 5.82 Å². The first-order chi connectivity index (χ1) is 9.20. The fourth-order valence-corrected chi connectivity index (χ4v) is 1.67. The van der Waals surface area contributed by atoms with Crippen molar-refractivity contribution >= 4 is 5.95 Å². The number of hydrogen-bond acceptors (Lipinski definition) is 4. The van der Waals surface area contributed by atoms with Crippen LogP contribution in [0.15, 0.2) is 6.20 Å². The Bertz CT molecular complexity index is 632. The van der Waals surface area contributed by atoms with Gasteiger partial charge in [0.2, 0.25) is 11.8 Å².